The molecule has 0 bridgehead atoms. The first kappa shape index (κ1) is 12.3. The second-order valence-corrected chi connectivity index (χ2v) is 3.76. The van der Waals surface area contributed by atoms with Gasteiger partial charge in [-0.2, -0.15) is 12.6 Å². The summed E-state index contributed by atoms with van der Waals surface area (Å²) in [5.74, 6) is 1.80. The highest BCUT2D eigenvalue weighted by Crippen LogP contribution is 2.08. The van der Waals surface area contributed by atoms with Crippen molar-refractivity contribution in [2.24, 2.45) is 5.92 Å². The summed E-state index contributed by atoms with van der Waals surface area (Å²) >= 11 is 4.35. The maximum absolute atomic E-state index is 4.35. The number of unbranched alkanes of at least 4 members (excludes halogenated alkanes) is 1. The van der Waals surface area contributed by atoms with Gasteiger partial charge in [-0.25, -0.2) is 0 Å². The van der Waals surface area contributed by atoms with E-state index in [1.807, 2.05) is 0 Å². The molecule has 0 amide bonds. The Morgan fingerprint density at radius 1 is 1.25 bits per heavy atom. The molecule has 1 atom stereocenters. The van der Waals surface area contributed by atoms with Gasteiger partial charge in [0.2, 0.25) is 0 Å². The molecule has 0 aliphatic rings. The molecule has 1 N–H and O–H groups in total. The van der Waals surface area contributed by atoms with Crippen molar-refractivity contribution in [3.8, 4) is 0 Å². The Balaban J connectivity index is 3.26. The van der Waals surface area contributed by atoms with E-state index in [9.17, 15) is 0 Å². The van der Waals surface area contributed by atoms with Gasteiger partial charge in [-0.15, -0.1) is 0 Å². The fraction of sp³-hybridized carbons (Fsp3) is 1.00. The fourth-order valence-corrected chi connectivity index (χ4v) is 1.55. The molecule has 0 saturated carbocycles. The van der Waals surface area contributed by atoms with Gasteiger partial charge < -0.3 is 5.32 Å². The van der Waals surface area contributed by atoms with Crippen molar-refractivity contribution < 1.29 is 0 Å². The van der Waals surface area contributed by atoms with Crippen molar-refractivity contribution in [2.45, 2.75) is 39.5 Å². The third-order valence-electron chi connectivity index (χ3n) is 2.08. The average Bonchev–Trinajstić information content (AvgIpc) is 2.11. The molecular formula is C10H23NS. The third-order valence-corrected chi connectivity index (χ3v) is 2.60. The van der Waals surface area contributed by atoms with Crippen molar-refractivity contribution >= 4 is 12.6 Å². The van der Waals surface area contributed by atoms with Crippen LogP contribution >= 0.6 is 12.6 Å². The van der Waals surface area contributed by atoms with Crippen LogP contribution in [0.4, 0.5) is 0 Å². The number of nitrogens with one attached hydrogen (secondary N) is 1. The van der Waals surface area contributed by atoms with E-state index in [4.69, 9.17) is 0 Å². The van der Waals surface area contributed by atoms with Crippen LogP contribution in [0.1, 0.15) is 39.5 Å². The highest BCUT2D eigenvalue weighted by molar-refractivity contribution is 7.80. The topological polar surface area (TPSA) is 12.0 Å². The highest BCUT2D eigenvalue weighted by atomic mass is 32.1. The molecule has 0 aromatic heterocycles. The van der Waals surface area contributed by atoms with E-state index in [0.717, 1.165) is 24.8 Å². The first-order chi connectivity index (χ1) is 5.85. The van der Waals surface area contributed by atoms with Gasteiger partial charge in [0.05, 0.1) is 0 Å². The van der Waals surface area contributed by atoms with Crippen LogP contribution in [0.25, 0.3) is 0 Å². The summed E-state index contributed by atoms with van der Waals surface area (Å²) < 4.78 is 0. The van der Waals surface area contributed by atoms with E-state index in [0.29, 0.717) is 0 Å². The minimum absolute atomic E-state index is 0.778. The van der Waals surface area contributed by atoms with E-state index in [1.165, 1.54) is 25.7 Å². The smallest absolute Gasteiger partial charge is 0.00127 e. The number of rotatable bonds is 8. The second kappa shape index (κ2) is 9.40. The molecule has 0 saturated heterocycles. The van der Waals surface area contributed by atoms with Crippen LogP contribution in [0.3, 0.4) is 0 Å². The molecule has 0 rings (SSSR count). The predicted octanol–water partition coefficient (Wildman–Crippen LogP) is 2.72. The van der Waals surface area contributed by atoms with Crippen LogP contribution in [0.15, 0.2) is 0 Å². The molecule has 0 aliphatic heterocycles. The number of hydrogen-bond acceptors (Lipinski definition) is 2. The SMILES string of the molecule is CCCCC(CS)CNCCC. The Kier molecular flexibility index (Phi) is 9.64. The molecule has 0 aromatic carbocycles. The third kappa shape index (κ3) is 6.99. The maximum Gasteiger partial charge on any atom is -0.00127 e. The molecular weight excluding hydrogens is 166 g/mol. The lowest BCUT2D eigenvalue weighted by atomic mass is 10.0. The van der Waals surface area contributed by atoms with Crippen molar-refractivity contribution in [3.05, 3.63) is 0 Å². The quantitative estimate of drug-likeness (QED) is 0.442. The zero-order valence-electron chi connectivity index (χ0n) is 8.47. The Bertz CT molecular complexity index is 85.9. The lowest BCUT2D eigenvalue weighted by molar-refractivity contribution is 0.471. The van der Waals surface area contributed by atoms with Gasteiger partial charge in [0.1, 0.15) is 0 Å². The molecule has 1 unspecified atom stereocenters. The van der Waals surface area contributed by atoms with Crippen LogP contribution in [0, 0.1) is 5.92 Å². The average molecular weight is 189 g/mol. The second-order valence-electron chi connectivity index (χ2n) is 3.39. The standard InChI is InChI=1S/C10H23NS/c1-3-5-6-10(9-12)8-11-7-4-2/h10-12H,3-9H2,1-2H3. The molecule has 0 spiro atoms. The number of hydrogen-bond donors (Lipinski definition) is 2. The Labute approximate surface area is 82.7 Å². The molecule has 1 nitrogen and oxygen atoms in total. The Morgan fingerprint density at radius 3 is 2.50 bits per heavy atom. The molecule has 12 heavy (non-hydrogen) atoms. The lowest BCUT2D eigenvalue weighted by Gasteiger charge is -2.14. The minimum Gasteiger partial charge on any atom is -0.316 e. The van der Waals surface area contributed by atoms with Crippen molar-refractivity contribution in [1.29, 1.82) is 0 Å². The highest BCUT2D eigenvalue weighted by Gasteiger charge is 2.04. The van der Waals surface area contributed by atoms with Crippen molar-refractivity contribution in [3.63, 3.8) is 0 Å². The van der Waals surface area contributed by atoms with Crippen LogP contribution in [0.2, 0.25) is 0 Å². The van der Waals surface area contributed by atoms with Gasteiger partial charge in [-0.05, 0) is 37.6 Å². The van der Waals surface area contributed by atoms with Crippen molar-refractivity contribution in [2.75, 3.05) is 18.8 Å². The van der Waals surface area contributed by atoms with Gasteiger partial charge in [-0.1, -0.05) is 26.7 Å². The Morgan fingerprint density at radius 2 is 2.00 bits per heavy atom. The zero-order chi connectivity index (χ0) is 9.23. The van der Waals surface area contributed by atoms with E-state index < -0.39 is 0 Å². The van der Waals surface area contributed by atoms with Gasteiger partial charge in [0.25, 0.3) is 0 Å². The molecule has 0 heterocycles. The normalized spacial score (nSPS) is 13.2. The summed E-state index contributed by atoms with van der Waals surface area (Å²) in [4.78, 5) is 0. The fourth-order valence-electron chi connectivity index (χ4n) is 1.23. The monoisotopic (exact) mass is 189 g/mol. The van der Waals surface area contributed by atoms with E-state index in [-0.39, 0.29) is 0 Å². The van der Waals surface area contributed by atoms with Gasteiger partial charge in [-0.3, -0.25) is 0 Å². The molecule has 74 valence electrons. The van der Waals surface area contributed by atoms with Gasteiger partial charge in [0.15, 0.2) is 0 Å². The van der Waals surface area contributed by atoms with E-state index in [2.05, 4.69) is 31.8 Å². The summed E-state index contributed by atoms with van der Waals surface area (Å²) in [6.45, 7) is 6.75. The zero-order valence-corrected chi connectivity index (χ0v) is 9.37. The van der Waals surface area contributed by atoms with E-state index in [1.54, 1.807) is 0 Å². The first-order valence-corrected chi connectivity index (χ1v) is 5.79. The molecule has 0 aromatic rings. The number of thiol groups is 1. The summed E-state index contributed by atoms with van der Waals surface area (Å²) in [6, 6.07) is 0. The van der Waals surface area contributed by atoms with Crippen LogP contribution in [-0.2, 0) is 0 Å². The summed E-state index contributed by atoms with van der Waals surface area (Å²) in [6.07, 6.45) is 5.21. The summed E-state index contributed by atoms with van der Waals surface area (Å²) in [7, 11) is 0. The predicted molar refractivity (Wildman–Crippen MR) is 60.0 cm³/mol. The summed E-state index contributed by atoms with van der Waals surface area (Å²) in [5, 5.41) is 3.45. The van der Waals surface area contributed by atoms with Gasteiger partial charge in [0, 0.05) is 0 Å². The van der Waals surface area contributed by atoms with Crippen LogP contribution < -0.4 is 5.32 Å². The van der Waals surface area contributed by atoms with E-state index >= 15 is 0 Å². The first-order valence-electron chi connectivity index (χ1n) is 5.16. The Hall–Kier alpha value is 0.310. The summed E-state index contributed by atoms with van der Waals surface area (Å²) in [5.41, 5.74) is 0. The van der Waals surface area contributed by atoms with Gasteiger partial charge >= 0.3 is 0 Å². The van der Waals surface area contributed by atoms with Crippen LogP contribution in [0.5, 0.6) is 0 Å². The largest absolute Gasteiger partial charge is 0.316 e. The van der Waals surface area contributed by atoms with Crippen LogP contribution in [-0.4, -0.2) is 18.8 Å². The van der Waals surface area contributed by atoms with Crippen molar-refractivity contribution in [1.82, 2.24) is 5.32 Å². The minimum atomic E-state index is 0.778. The maximum atomic E-state index is 4.35. The molecule has 0 radical (unpaired) electrons. The molecule has 0 aliphatic carbocycles. The lowest BCUT2D eigenvalue weighted by Crippen LogP contribution is -2.24. The molecule has 2 heteroatoms. The molecule has 0 fully saturated rings.